The summed E-state index contributed by atoms with van der Waals surface area (Å²) in [4.78, 5) is 43.9. The molecule has 29 heavy (non-hydrogen) atoms. The van der Waals surface area contributed by atoms with Crippen molar-refractivity contribution in [3.8, 4) is 0 Å². The van der Waals surface area contributed by atoms with Gasteiger partial charge < -0.3 is 9.47 Å². The van der Waals surface area contributed by atoms with Crippen molar-refractivity contribution in [1.82, 2.24) is 9.88 Å². The number of pyridine rings is 1. The number of piperidine rings is 3. The summed E-state index contributed by atoms with van der Waals surface area (Å²) in [5.74, 6) is -1.13. The summed E-state index contributed by atoms with van der Waals surface area (Å²) in [6, 6.07) is 11.7. The number of aromatic nitrogens is 1. The number of carbonyl (C=O) groups excluding carboxylic acids is 3. The van der Waals surface area contributed by atoms with Crippen molar-refractivity contribution < 1.29 is 23.9 Å². The summed E-state index contributed by atoms with van der Waals surface area (Å²) < 4.78 is 11.0. The van der Waals surface area contributed by atoms with Crippen LogP contribution in [0, 0.1) is 5.92 Å². The molecule has 7 heteroatoms. The van der Waals surface area contributed by atoms with E-state index in [4.69, 9.17) is 9.47 Å². The molecule has 2 aromatic rings. The maximum absolute atomic E-state index is 13.2. The molecule has 5 rings (SSSR count). The maximum atomic E-state index is 13.2. The van der Waals surface area contributed by atoms with Crippen LogP contribution in [0.2, 0.25) is 0 Å². The zero-order chi connectivity index (χ0) is 20.3. The highest BCUT2D eigenvalue weighted by Crippen LogP contribution is 2.37. The van der Waals surface area contributed by atoms with Gasteiger partial charge in [0, 0.05) is 31.4 Å². The zero-order valence-corrected chi connectivity index (χ0v) is 16.0. The highest BCUT2D eigenvalue weighted by atomic mass is 16.6. The SMILES string of the molecule is O=C(OCC1(COC(=O)c2ccncc2)C(=O)C2CCN1CC2)c1ccccc1. The standard InChI is InChI=1S/C22H22N2O5/c25-19-16-8-12-24(13-9-16)22(19,14-28-20(26)17-4-2-1-3-5-17)15-29-21(27)18-6-10-23-11-7-18/h1-7,10-11,16H,8-9,12-15H2. The number of rotatable bonds is 6. The zero-order valence-electron chi connectivity index (χ0n) is 16.0. The van der Waals surface area contributed by atoms with E-state index in [9.17, 15) is 14.4 Å². The molecular weight excluding hydrogens is 372 g/mol. The summed E-state index contributed by atoms with van der Waals surface area (Å²) in [6.45, 7) is 1.14. The molecule has 1 unspecified atom stereocenters. The Balaban J connectivity index is 1.51. The van der Waals surface area contributed by atoms with Crippen LogP contribution in [-0.4, -0.2) is 59.4 Å². The van der Waals surface area contributed by atoms with Crippen molar-refractivity contribution in [2.24, 2.45) is 5.92 Å². The third-order valence-corrected chi connectivity index (χ3v) is 5.74. The van der Waals surface area contributed by atoms with Crippen LogP contribution >= 0.6 is 0 Å². The molecule has 3 fully saturated rings. The Morgan fingerprint density at radius 2 is 1.48 bits per heavy atom. The molecule has 1 atom stereocenters. The van der Waals surface area contributed by atoms with E-state index in [0.29, 0.717) is 24.2 Å². The van der Waals surface area contributed by atoms with Crippen molar-refractivity contribution in [3.05, 3.63) is 66.0 Å². The number of esters is 2. The van der Waals surface area contributed by atoms with E-state index in [1.807, 2.05) is 11.0 Å². The highest BCUT2D eigenvalue weighted by molar-refractivity contribution is 5.95. The second kappa shape index (κ2) is 8.13. The Morgan fingerprint density at radius 3 is 2.03 bits per heavy atom. The largest absolute Gasteiger partial charge is 0.459 e. The second-order valence-corrected chi connectivity index (χ2v) is 7.41. The third kappa shape index (κ3) is 3.78. The number of benzene rings is 1. The van der Waals surface area contributed by atoms with Gasteiger partial charge >= 0.3 is 11.9 Å². The minimum Gasteiger partial charge on any atom is -0.459 e. The third-order valence-electron chi connectivity index (χ3n) is 5.74. The first-order valence-corrected chi connectivity index (χ1v) is 9.69. The first kappa shape index (κ1) is 19.3. The van der Waals surface area contributed by atoms with Gasteiger partial charge in [0.25, 0.3) is 0 Å². The molecule has 0 radical (unpaired) electrons. The number of Topliss-reactive ketones (excluding diaryl/α,β-unsaturated/α-hetero) is 1. The van der Waals surface area contributed by atoms with E-state index < -0.39 is 17.5 Å². The van der Waals surface area contributed by atoms with Crippen LogP contribution in [0.1, 0.15) is 33.6 Å². The van der Waals surface area contributed by atoms with Crippen LogP contribution in [-0.2, 0) is 14.3 Å². The van der Waals surface area contributed by atoms with Gasteiger partial charge in [0.15, 0.2) is 5.78 Å². The molecule has 3 aliphatic rings. The number of nitrogens with zero attached hydrogens (tertiary/aromatic N) is 2. The molecule has 7 nitrogen and oxygen atoms in total. The Kier molecular flexibility index (Phi) is 5.40. The van der Waals surface area contributed by atoms with Gasteiger partial charge in [0.05, 0.1) is 11.1 Å². The van der Waals surface area contributed by atoms with Gasteiger partial charge in [-0.15, -0.1) is 0 Å². The maximum Gasteiger partial charge on any atom is 0.338 e. The lowest BCUT2D eigenvalue weighted by Gasteiger charge is -2.51. The Hall–Kier alpha value is -3.06. The fraction of sp³-hybridized carbons (Fsp3) is 0.364. The number of hydrogen-bond donors (Lipinski definition) is 0. The van der Waals surface area contributed by atoms with E-state index >= 15 is 0 Å². The molecule has 0 amide bonds. The van der Waals surface area contributed by atoms with Crippen LogP contribution in [0.25, 0.3) is 0 Å². The van der Waals surface area contributed by atoms with Gasteiger partial charge in [-0.25, -0.2) is 9.59 Å². The quantitative estimate of drug-likeness (QED) is 0.694. The van der Waals surface area contributed by atoms with Crippen molar-refractivity contribution in [1.29, 1.82) is 0 Å². The van der Waals surface area contributed by atoms with Gasteiger partial charge in [0.1, 0.15) is 18.8 Å². The first-order chi connectivity index (χ1) is 14.1. The van der Waals surface area contributed by atoms with Crippen molar-refractivity contribution >= 4 is 17.7 Å². The molecule has 1 aromatic carbocycles. The molecule has 150 valence electrons. The summed E-state index contributed by atoms with van der Waals surface area (Å²) in [5.41, 5.74) is -0.353. The summed E-state index contributed by atoms with van der Waals surface area (Å²) >= 11 is 0. The fourth-order valence-corrected chi connectivity index (χ4v) is 4.07. The lowest BCUT2D eigenvalue weighted by Crippen LogP contribution is -2.69. The molecule has 3 saturated heterocycles. The van der Waals surface area contributed by atoms with Crippen LogP contribution in [0.3, 0.4) is 0 Å². The van der Waals surface area contributed by atoms with E-state index in [1.54, 1.807) is 36.4 Å². The summed E-state index contributed by atoms with van der Waals surface area (Å²) in [6.07, 6.45) is 4.58. The Labute approximate surface area is 168 Å². The predicted octanol–water partition coefficient (Wildman–Crippen LogP) is 2.13. The topological polar surface area (TPSA) is 85.8 Å². The normalized spacial score (nSPS) is 25.4. The lowest BCUT2D eigenvalue weighted by atomic mass is 9.74. The van der Waals surface area contributed by atoms with Gasteiger partial charge in [-0.3, -0.25) is 14.7 Å². The lowest BCUT2D eigenvalue weighted by molar-refractivity contribution is -0.157. The van der Waals surface area contributed by atoms with Crippen LogP contribution in [0.5, 0.6) is 0 Å². The summed E-state index contributed by atoms with van der Waals surface area (Å²) in [5, 5.41) is 0. The molecule has 3 aliphatic heterocycles. The monoisotopic (exact) mass is 394 g/mol. The average molecular weight is 394 g/mol. The molecule has 1 aromatic heterocycles. The van der Waals surface area contributed by atoms with E-state index in [0.717, 1.165) is 12.8 Å². The van der Waals surface area contributed by atoms with E-state index in [2.05, 4.69) is 4.98 Å². The smallest absolute Gasteiger partial charge is 0.338 e. The van der Waals surface area contributed by atoms with Gasteiger partial charge in [0.2, 0.25) is 0 Å². The Morgan fingerprint density at radius 1 is 0.931 bits per heavy atom. The molecule has 0 N–H and O–H groups in total. The number of ketones is 1. The van der Waals surface area contributed by atoms with Crippen molar-refractivity contribution in [2.45, 2.75) is 18.4 Å². The molecule has 0 spiro atoms. The number of carbonyl (C=O) groups is 3. The van der Waals surface area contributed by atoms with Crippen LogP contribution in [0.4, 0.5) is 0 Å². The summed E-state index contributed by atoms with van der Waals surface area (Å²) in [7, 11) is 0. The molecule has 4 heterocycles. The van der Waals surface area contributed by atoms with Gasteiger partial charge in [-0.2, -0.15) is 0 Å². The first-order valence-electron chi connectivity index (χ1n) is 9.69. The fourth-order valence-electron chi connectivity index (χ4n) is 4.07. The van der Waals surface area contributed by atoms with Crippen LogP contribution < -0.4 is 0 Å². The van der Waals surface area contributed by atoms with Gasteiger partial charge in [-0.05, 0) is 37.1 Å². The minimum atomic E-state index is -1.13. The van der Waals surface area contributed by atoms with E-state index in [1.165, 1.54) is 12.4 Å². The Bertz CT molecular complexity index is 836. The second-order valence-electron chi connectivity index (χ2n) is 7.41. The number of ether oxygens (including phenoxy) is 2. The van der Waals surface area contributed by atoms with Crippen molar-refractivity contribution in [2.75, 3.05) is 26.3 Å². The van der Waals surface area contributed by atoms with Crippen molar-refractivity contribution in [3.63, 3.8) is 0 Å². The highest BCUT2D eigenvalue weighted by Gasteiger charge is 2.55. The molecule has 2 bridgehead atoms. The van der Waals surface area contributed by atoms with E-state index in [-0.39, 0.29) is 24.9 Å². The number of hydrogen-bond acceptors (Lipinski definition) is 7. The number of fused-ring (bicyclic) bond motifs is 3. The molecule has 0 aliphatic carbocycles. The average Bonchev–Trinajstić information content (AvgIpc) is 2.79. The van der Waals surface area contributed by atoms with Crippen LogP contribution in [0.15, 0.2) is 54.9 Å². The predicted molar refractivity (Wildman–Crippen MR) is 103 cm³/mol. The molecular formula is C22H22N2O5. The van der Waals surface area contributed by atoms with Gasteiger partial charge in [-0.1, -0.05) is 18.2 Å². The minimum absolute atomic E-state index is 0.0154. The molecule has 0 saturated carbocycles.